The number of halogens is 1. The molecule has 6 heteroatoms. The van der Waals surface area contributed by atoms with Gasteiger partial charge in [0.25, 0.3) is 0 Å². The van der Waals surface area contributed by atoms with Crippen LogP contribution in [0.2, 0.25) is 0 Å². The Bertz CT molecular complexity index is 743. The maximum Gasteiger partial charge on any atom is 0.160 e. The van der Waals surface area contributed by atoms with E-state index in [-0.39, 0.29) is 0 Å². The molecule has 3 rings (SSSR count). The predicted octanol–water partition coefficient (Wildman–Crippen LogP) is 2.45. The fraction of sp³-hybridized carbons (Fsp3) is 0.357. The average molecular weight is 290 g/mol. The summed E-state index contributed by atoms with van der Waals surface area (Å²) >= 11 is 6.00. The van der Waals surface area contributed by atoms with E-state index in [1.54, 1.807) is 0 Å². The lowest BCUT2D eigenvalue weighted by Gasteiger charge is -2.05. The summed E-state index contributed by atoms with van der Waals surface area (Å²) in [6.07, 6.45) is 6.66. The monoisotopic (exact) mass is 289 g/mol. The first kappa shape index (κ1) is 13.1. The zero-order valence-electron chi connectivity index (χ0n) is 11.5. The van der Waals surface area contributed by atoms with E-state index in [9.17, 15) is 0 Å². The van der Waals surface area contributed by atoms with Crippen LogP contribution in [0, 0.1) is 6.92 Å². The van der Waals surface area contributed by atoms with Gasteiger partial charge in [-0.1, -0.05) is 0 Å². The van der Waals surface area contributed by atoms with Gasteiger partial charge in [-0.25, -0.2) is 9.97 Å². The summed E-state index contributed by atoms with van der Waals surface area (Å²) in [6.45, 7) is 2.82. The lowest BCUT2D eigenvalue weighted by atomic mass is 10.2. The van der Waals surface area contributed by atoms with Crippen molar-refractivity contribution in [1.82, 2.24) is 24.3 Å². The minimum atomic E-state index is 0.391. The zero-order valence-corrected chi connectivity index (χ0v) is 12.3. The summed E-state index contributed by atoms with van der Waals surface area (Å²) in [7, 11) is 1.92. The molecule has 0 radical (unpaired) electrons. The Labute approximate surface area is 122 Å². The summed E-state index contributed by atoms with van der Waals surface area (Å²) in [6, 6.07) is 2.04. The van der Waals surface area contributed by atoms with Crippen molar-refractivity contribution in [3.05, 3.63) is 41.6 Å². The standard InChI is InChI=1S/C14H16ClN5/c1-10-5-12-14(16-7-10)20(13(6-15)18-12)4-3-11-8-17-19(2)9-11/h5,7-9H,3-4,6H2,1-2H3. The summed E-state index contributed by atoms with van der Waals surface area (Å²) in [5, 5.41) is 4.18. The Morgan fingerprint density at radius 1 is 1.30 bits per heavy atom. The molecule has 0 aliphatic rings. The van der Waals surface area contributed by atoms with Crippen molar-refractivity contribution in [2.75, 3.05) is 0 Å². The summed E-state index contributed by atoms with van der Waals surface area (Å²) < 4.78 is 3.90. The molecule has 0 spiro atoms. The average Bonchev–Trinajstić information content (AvgIpc) is 2.99. The highest BCUT2D eigenvalue weighted by atomic mass is 35.5. The second-order valence-corrected chi connectivity index (χ2v) is 5.21. The van der Waals surface area contributed by atoms with Gasteiger partial charge in [-0.3, -0.25) is 4.68 Å². The van der Waals surface area contributed by atoms with Gasteiger partial charge in [-0.05, 0) is 30.5 Å². The number of fused-ring (bicyclic) bond motifs is 1. The highest BCUT2D eigenvalue weighted by Crippen LogP contribution is 2.17. The first-order chi connectivity index (χ1) is 9.67. The molecular weight excluding hydrogens is 274 g/mol. The Morgan fingerprint density at radius 3 is 2.85 bits per heavy atom. The second kappa shape index (κ2) is 5.25. The maximum atomic E-state index is 6.00. The summed E-state index contributed by atoms with van der Waals surface area (Å²) in [5.74, 6) is 1.26. The minimum absolute atomic E-state index is 0.391. The van der Waals surface area contributed by atoms with Crippen LogP contribution in [-0.2, 0) is 25.9 Å². The van der Waals surface area contributed by atoms with E-state index in [0.29, 0.717) is 5.88 Å². The van der Waals surface area contributed by atoms with E-state index in [4.69, 9.17) is 11.6 Å². The lowest BCUT2D eigenvalue weighted by Crippen LogP contribution is -2.05. The van der Waals surface area contributed by atoms with Crippen LogP contribution >= 0.6 is 11.6 Å². The minimum Gasteiger partial charge on any atom is -0.311 e. The van der Waals surface area contributed by atoms with Crippen LogP contribution in [0.5, 0.6) is 0 Å². The van der Waals surface area contributed by atoms with Gasteiger partial charge in [0, 0.05) is 26.0 Å². The van der Waals surface area contributed by atoms with Crippen molar-refractivity contribution in [3.63, 3.8) is 0 Å². The fourth-order valence-electron chi connectivity index (χ4n) is 2.34. The van der Waals surface area contributed by atoms with Crippen molar-refractivity contribution < 1.29 is 0 Å². The van der Waals surface area contributed by atoms with E-state index < -0.39 is 0 Å². The van der Waals surface area contributed by atoms with Crippen molar-refractivity contribution >= 4 is 22.8 Å². The number of hydrogen-bond donors (Lipinski definition) is 0. The number of hydrogen-bond acceptors (Lipinski definition) is 3. The number of nitrogens with zero attached hydrogens (tertiary/aromatic N) is 5. The molecular formula is C14H16ClN5. The molecule has 3 aromatic rings. The normalized spacial score (nSPS) is 11.3. The van der Waals surface area contributed by atoms with Gasteiger partial charge in [0.2, 0.25) is 0 Å². The Hall–Kier alpha value is -1.88. The number of rotatable bonds is 4. The van der Waals surface area contributed by atoms with Crippen LogP contribution in [-0.4, -0.2) is 24.3 Å². The van der Waals surface area contributed by atoms with Crippen LogP contribution in [0.3, 0.4) is 0 Å². The Kier molecular flexibility index (Phi) is 3.44. The number of imidazole rings is 1. The third-order valence-electron chi connectivity index (χ3n) is 3.30. The van der Waals surface area contributed by atoms with Gasteiger partial charge in [-0.15, -0.1) is 11.6 Å². The molecule has 0 amide bonds. The molecule has 20 heavy (non-hydrogen) atoms. The lowest BCUT2D eigenvalue weighted by molar-refractivity contribution is 0.681. The van der Waals surface area contributed by atoms with E-state index in [1.165, 1.54) is 5.56 Å². The van der Waals surface area contributed by atoms with Crippen molar-refractivity contribution in [1.29, 1.82) is 0 Å². The van der Waals surface area contributed by atoms with Crippen LogP contribution in [0.4, 0.5) is 0 Å². The molecule has 0 aliphatic heterocycles. The Morgan fingerprint density at radius 2 is 2.15 bits per heavy atom. The highest BCUT2D eigenvalue weighted by Gasteiger charge is 2.11. The van der Waals surface area contributed by atoms with Gasteiger partial charge in [0.15, 0.2) is 5.65 Å². The van der Waals surface area contributed by atoms with Crippen molar-refractivity contribution in [3.8, 4) is 0 Å². The molecule has 0 saturated heterocycles. The topological polar surface area (TPSA) is 48.5 Å². The number of aromatic nitrogens is 5. The van der Waals surface area contributed by atoms with Gasteiger partial charge in [0.1, 0.15) is 11.3 Å². The molecule has 0 fully saturated rings. The van der Waals surface area contributed by atoms with Crippen LogP contribution < -0.4 is 0 Å². The first-order valence-electron chi connectivity index (χ1n) is 6.52. The molecule has 3 aromatic heterocycles. The fourth-order valence-corrected chi connectivity index (χ4v) is 2.54. The Balaban J connectivity index is 1.93. The van der Waals surface area contributed by atoms with Crippen LogP contribution in [0.15, 0.2) is 24.7 Å². The number of pyridine rings is 1. The molecule has 5 nitrogen and oxygen atoms in total. The molecule has 3 heterocycles. The molecule has 0 unspecified atom stereocenters. The largest absolute Gasteiger partial charge is 0.311 e. The third kappa shape index (κ3) is 2.41. The van der Waals surface area contributed by atoms with Crippen LogP contribution in [0.1, 0.15) is 17.0 Å². The van der Waals surface area contributed by atoms with Gasteiger partial charge in [0.05, 0.1) is 12.1 Å². The second-order valence-electron chi connectivity index (χ2n) is 4.94. The molecule has 0 aromatic carbocycles. The molecule has 104 valence electrons. The maximum absolute atomic E-state index is 6.00. The number of alkyl halides is 1. The summed E-state index contributed by atoms with van der Waals surface area (Å²) in [4.78, 5) is 9.04. The van der Waals surface area contributed by atoms with E-state index in [1.807, 2.05) is 43.3 Å². The first-order valence-corrected chi connectivity index (χ1v) is 7.06. The zero-order chi connectivity index (χ0) is 14.1. The van der Waals surface area contributed by atoms with E-state index in [2.05, 4.69) is 19.6 Å². The third-order valence-corrected chi connectivity index (χ3v) is 3.54. The molecule has 0 aliphatic carbocycles. The van der Waals surface area contributed by atoms with Crippen LogP contribution in [0.25, 0.3) is 11.2 Å². The highest BCUT2D eigenvalue weighted by molar-refractivity contribution is 6.16. The molecule has 0 N–H and O–H groups in total. The van der Waals surface area contributed by atoms with Gasteiger partial charge >= 0.3 is 0 Å². The quantitative estimate of drug-likeness (QED) is 0.693. The SMILES string of the molecule is Cc1cnc2c(c1)nc(CCl)n2CCc1cnn(C)c1. The predicted molar refractivity (Wildman–Crippen MR) is 78.7 cm³/mol. The van der Waals surface area contributed by atoms with Crippen molar-refractivity contribution in [2.45, 2.75) is 25.8 Å². The van der Waals surface area contributed by atoms with E-state index >= 15 is 0 Å². The van der Waals surface area contributed by atoms with Gasteiger partial charge < -0.3 is 4.57 Å². The van der Waals surface area contributed by atoms with Gasteiger partial charge in [-0.2, -0.15) is 5.10 Å². The molecule has 0 bridgehead atoms. The van der Waals surface area contributed by atoms with Crippen molar-refractivity contribution in [2.24, 2.45) is 7.05 Å². The van der Waals surface area contributed by atoms with E-state index in [0.717, 1.165) is 35.5 Å². The smallest absolute Gasteiger partial charge is 0.160 e. The molecule has 0 saturated carbocycles. The number of aryl methyl sites for hydroxylation is 4. The molecule has 0 atom stereocenters. The summed E-state index contributed by atoms with van der Waals surface area (Å²) in [5.41, 5.74) is 4.11.